The third kappa shape index (κ3) is 7.94. The number of hydrogen-bond donors (Lipinski definition) is 1. The molecule has 0 fully saturated rings. The van der Waals surface area contributed by atoms with Gasteiger partial charge in [-0.25, -0.2) is 4.99 Å². The molecule has 1 rings (SSSR count). The lowest BCUT2D eigenvalue weighted by Crippen LogP contribution is -2.52. The topological polar surface area (TPSA) is 32.6 Å². The fourth-order valence-corrected chi connectivity index (χ4v) is 3.72. The monoisotopic (exact) mass is 337 g/mol. The Morgan fingerprint density at radius 2 is 1.62 bits per heavy atom. The molecule has 0 saturated heterocycles. The number of allylic oxidation sites excluding steroid dienone is 2. The van der Waals surface area contributed by atoms with Crippen LogP contribution in [-0.4, -0.2) is 48.2 Å². The van der Waals surface area contributed by atoms with Crippen LogP contribution in [0, 0.1) is 0 Å². The first-order valence-corrected chi connectivity index (χ1v) is 10.4. The highest BCUT2D eigenvalue weighted by atomic mass is 16.3. The molecule has 24 heavy (non-hydrogen) atoms. The van der Waals surface area contributed by atoms with E-state index in [2.05, 4.69) is 26.0 Å². The van der Waals surface area contributed by atoms with Crippen LogP contribution in [0.2, 0.25) is 0 Å². The predicted molar refractivity (Wildman–Crippen MR) is 106 cm³/mol. The van der Waals surface area contributed by atoms with Crippen molar-refractivity contribution in [1.82, 2.24) is 0 Å². The molecule has 1 N–H and O–H groups in total. The summed E-state index contributed by atoms with van der Waals surface area (Å²) in [6.45, 7) is 8.72. The number of aliphatic hydroxyl groups excluding tert-OH is 1. The van der Waals surface area contributed by atoms with E-state index in [1.54, 1.807) is 0 Å². The third-order valence-electron chi connectivity index (χ3n) is 5.42. The summed E-state index contributed by atoms with van der Waals surface area (Å²) in [6.07, 6.45) is 19.1. The average Bonchev–Trinajstić information content (AvgIpc) is 2.99. The zero-order valence-electron chi connectivity index (χ0n) is 16.3. The summed E-state index contributed by atoms with van der Waals surface area (Å²) < 4.78 is 0.939. The molecule has 140 valence electrons. The molecule has 0 aromatic carbocycles. The van der Waals surface area contributed by atoms with Crippen molar-refractivity contribution < 1.29 is 9.59 Å². The fraction of sp³-hybridized carbons (Fsp3) is 0.857. The van der Waals surface area contributed by atoms with Crippen molar-refractivity contribution in [2.45, 2.75) is 84.5 Å². The average molecular weight is 338 g/mol. The lowest BCUT2D eigenvalue weighted by Gasteiger charge is -2.33. The molecule has 3 nitrogen and oxygen atoms in total. The van der Waals surface area contributed by atoms with Crippen LogP contribution < -0.4 is 0 Å². The van der Waals surface area contributed by atoms with Gasteiger partial charge in [0, 0.05) is 6.42 Å². The molecule has 0 aromatic heterocycles. The van der Waals surface area contributed by atoms with E-state index in [0.717, 1.165) is 37.1 Å². The van der Waals surface area contributed by atoms with Gasteiger partial charge in [0.15, 0.2) is 5.84 Å². The molecule has 1 heterocycles. The maximum absolute atomic E-state index is 9.34. The summed E-state index contributed by atoms with van der Waals surface area (Å²) in [5, 5.41) is 9.34. The smallest absolute Gasteiger partial charge is 0.198 e. The van der Waals surface area contributed by atoms with Gasteiger partial charge < -0.3 is 5.11 Å². The fourth-order valence-electron chi connectivity index (χ4n) is 3.72. The van der Waals surface area contributed by atoms with Gasteiger partial charge in [-0.15, -0.1) is 0 Å². The quantitative estimate of drug-likeness (QED) is 0.252. The van der Waals surface area contributed by atoms with Gasteiger partial charge >= 0.3 is 0 Å². The van der Waals surface area contributed by atoms with Gasteiger partial charge in [-0.1, -0.05) is 51.2 Å². The van der Waals surface area contributed by atoms with E-state index < -0.39 is 0 Å². The van der Waals surface area contributed by atoms with Gasteiger partial charge in [0.05, 0.1) is 19.7 Å². The zero-order valence-corrected chi connectivity index (χ0v) is 16.3. The molecule has 0 amide bonds. The molecule has 1 aliphatic heterocycles. The molecule has 0 bridgehead atoms. The molecule has 1 aliphatic rings. The first-order chi connectivity index (χ1) is 11.8. The minimum absolute atomic E-state index is 0.274. The standard InChI is InChI=1S/C21H41N2O/c1-3-5-6-7-8-9-10-11-12-13-14-15-16-21-22-17-18-23(21,4-2)19-20-24/h10-11,24H,3-9,12-20H2,1-2H3/q+1/b11-10+. The van der Waals surface area contributed by atoms with E-state index in [4.69, 9.17) is 4.99 Å². The van der Waals surface area contributed by atoms with Crippen molar-refractivity contribution in [3.63, 3.8) is 0 Å². The van der Waals surface area contributed by atoms with Crippen LogP contribution in [0.25, 0.3) is 0 Å². The Balaban J connectivity index is 2.04. The van der Waals surface area contributed by atoms with Crippen LogP contribution in [0.15, 0.2) is 17.1 Å². The maximum atomic E-state index is 9.34. The second-order valence-corrected chi connectivity index (χ2v) is 7.20. The summed E-state index contributed by atoms with van der Waals surface area (Å²) in [5.74, 6) is 1.34. The van der Waals surface area contributed by atoms with E-state index in [9.17, 15) is 5.11 Å². The number of aliphatic imine (C=N–C) groups is 1. The highest BCUT2D eigenvalue weighted by Crippen LogP contribution is 2.19. The van der Waals surface area contributed by atoms with Crippen LogP contribution in [0.5, 0.6) is 0 Å². The molecular weight excluding hydrogens is 296 g/mol. The van der Waals surface area contributed by atoms with Crippen molar-refractivity contribution >= 4 is 5.84 Å². The summed E-state index contributed by atoms with van der Waals surface area (Å²) in [7, 11) is 0. The highest BCUT2D eigenvalue weighted by molar-refractivity contribution is 5.76. The lowest BCUT2D eigenvalue weighted by atomic mass is 10.1. The largest absolute Gasteiger partial charge is 0.390 e. The number of likely N-dealkylation sites (N-methyl/N-ethyl adjacent to an activating group) is 1. The highest BCUT2D eigenvalue weighted by Gasteiger charge is 2.35. The van der Waals surface area contributed by atoms with Crippen molar-refractivity contribution in [3.8, 4) is 0 Å². The molecule has 0 saturated carbocycles. The summed E-state index contributed by atoms with van der Waals surface area (Å²) in [6, 6.07) is 0. The van der Waals surface area contributed by atoms with Crippen LogP contribution >= 0.6 is 0 Å². The van der Waals surface area contributed by atoms with Gasteiger partial charge in [0.2, 0.25) is 0 Å². The molecule has 0 aliphatic carbocycles. The number of quaternary nitrogens is 1. The third-order valence-corrected chi connectivity index (χ3v) is 5.42. The number of nitrogens with zero attached hydrogens (tertiary/aromatic N) is 2. The lowest BCUT2D eigenvalue weighted by molar-refractivity contribution is -0.835. The van der Waals surface area contributed by atoms with Gasteiger partial charge in [-0.3, -0.25) is 4.48 Å². The summed E-state index contributed by atoms with van der Waals surface area (Å²) >= 11 is 0. The Morgan fingerprint density at radius 1 is 0.958 bits per heavy atom. The van der Waals surface area contributed by atoms with E-state index in [0.29, 0.717) is 0 Å². The normalized spacial score (nSPS) is 20.9. The number of amidine groups is 1. The van der Waals surface area contributed by atoms with Crippen LogP contribution in [-0.2, 0) is 0 Å². The molecule has 1 unspecified atom stereocenters. The Kier molecular flexibility index (Phi) is 12.1. The second-order valence-electron chi connectivity index (χ2n) is 7.20. The van der Waals surface area contributed by atoms with Crippen LogP contribution in [0.1, 0.15) is 84.5 Å². The minimum atomic E-state index is 0.274. The summed E-state index contributed by atoms with van der Waals surface area (Å²) in [4.78, 5) is 4.73. The van der Waals surface area contributed by atoms with Crippen molar-refractivity contribution in [3.05, 3.63) is 12.2 Å². The first kappa shape index (κ1) is 21.4. The van der Waals surface area contributed by atoms with Crippen LogP contribution in [0.4, 0.5) is 0 Å². The van der Waals surface area contributed by atoms with Gasteiger partial charge in [-0.05, 0) is 39.0 Å². The Labute approximate surface area is 150 Å². The van der Waals surface area contributed by atoms with Gasteiger partial charge in [0.25, 0.3) is 0 Å². The Morgan fingerprint density at radius 3 is 2.25 bits per heavy atom. The zero-order chi connectivity index (χ0) is 17.5. The molecule has 0 spiro atoms. The van der Waals surface area contributed by atoms with Crippen molar-refractivity contribution in [1.29, 1.82) is 0 Å². The molecule has 1 atom stereocenters. The first-order valence-electron chi connectivity index (χ1n) is 10.4. The SMILES string of the molecule is CCCCCCC/C=C/CCCCCC1=NCC[N+]1(CC)CCO. The van der Waals surface area contributed by atoms with E-state index in [1.807, 2.05) is 0 Å². The van der Waals surface area contributed by atoms with Crippen LogP contribution in [0.3, 0.4) is 0 Å². The van der Waals surface area contributed by atoms with Gasteiger partial charge in [-0.2, -0.15) is 0 Å². The van der Waals surface area contributed by atoms with Crippen molar-refractivity contribution in [2.24, 2.45) is 4.99 Å². The number of rotatable bonds is 15. The number of hydrogen-bond acceptors (Lipinski definition) is 2. The minimum Gasteiger partial charge on any atom is -0.390 e. The predicted octanol–water partition coefficient (Wildman–Crippen LogP) is 5.09. The number of unbranched alkanes of at least 4 members (excludes halogenated alkanes) is 8. The Hall–Kier alpha value is -0.670. The summed E-state index contributed by atoms with van der Waals surface area (Å²) in [5.41, 5.74) is 0. The van der Waals surface area contributed by atoms with Gasteiger partial charge in [0.1, 0.15) is 13.1 Å². The molecule has 0 aromatic rings. The maximum Gasteiger partial charge on any atom is 0.198 e. The molecule has 0 radical (unpaired) electrons. The molecular formula is C21H41N2O+. The number of aliphatic hydroxyl groups is 1. The van der Waals surface area contributed by atoms with E-state index in [-0.39, 0.29) is 6.61 Å². The van der Waals surface area contributed by atoms with E-state index in [1.165, 1.54) is 70.0 Å². The molecule has 3 heteroatoms. The van der Waals surface area contributed by atoms with Crippen molar-refractivity contribution in [2.75, 3.05) is 32.8 Å². The van der Waals surface area contributed by atoms with E-state index >= 15 is 0 Å². The second kappa shape index (κ2) is 13.6. The Bertz CT molecular complexity index is 365.